The normalized spacial score (nSPS) is 19.4. The van der Waals surface area contributed by atoms with Crippen LogP contribution in [-0.4, -0.2) is 12.3 Å². The average molecular weight is 129 g/mol. The van der Waals surface area contributed by atoms with Crippen LogP contribution in [-0.2, 0) is 0 Å². The molecule has 0 saturated heterocycles. The van der Waals surface area contributed by atoms with Crippen LogP contribution in [0.5, 0.6) is 0 Å². The Bertz CT molecular complexity index is 98.7. The lowest BCUT2D eigenvalue weighted by atomic mass is 10.4. The van der Waals surface area contributed by atoms with Crippen LogP contribution in [0.25, 0.3) is 0 Å². The van der Waals surface area contributed by atoms with E-state index in [1.807, 2.05) is 11.8 Å². The maximum atomic E-state index is 3.31. The summed E-state index contributed by atoms with van der Waals surface area (Å²) in [6.07, 6.45) is 1.15. The highest BCUT2D eigenvalue weighted by Gasteiger charge is 1.97. The number of hydrogen-bond donors (Lipinski definition) is 1. The van der Waals surface area contributed by atoms with Crippen LogP contribution in [0.15, 0.2) is 11.1 Å². The van der Waals surface area contributed by atoms with Crippen LogP contribution >= 0.6 is 11.8 Å². The summed E-state index contributed by atoms with van der Waals surface area (Å²) in [7, 11) is 0. The van der Waals surface area contributed by atoms with Gasteiger partial charge < -0.3 is 5.32 Å². The molecular formula is C6H11NS. The fourth-order valence-corrected chi connectivity index (χ4v) is 1.47. The van der Waals surface area contributed by atoms with Crippen molar-refractivity contribution in [1.29, 1.82) is 0 Å². The molecule has 0 aromatic carbocycles. The summed E-state index contributed by atoms with van der Waals surface area (Å²) < 4.78 is 0. The Balaban J connectivity index is 2.37. The number of thioether (sulfide) groups is 1. The Morgan fingerprint density at radius 2 is 2.75 bits per heavy atom. The first-order valence-electron chi connectivity index (χ1n) is 2.98. The summed E-state index contributed by atoms with van der Waals surface area (Å²) in [4.78, 5) is 0. The highest BCUT2D eigenvalue weighted by atomic mass is 32.2. The van der Waals surface area contributed by atoms with Crippen LogP contribution in [0, 0.1) is 0 Å². The molecule has 0 bridgehead atoms. The average Bonchev–Trinajstić information content (AvgIpc) is 1.90. The van der Waals surface area contributed by atoms with Crippen molar-refractivity contribution in [2.45, 2.75) is 13.3 Å². The Morgan fingerprint density at radius 1 is 1.88 bits per heavy atom. The van der Waals surface area contributed by atoms with E-state index in [4.69, 9.17) is 0 Å². The van der Waals surface area contributed by atoms with Gasteiger partial charge in [-0.3, -0.25) is 0 Å². The maximum absolute atomic E-state index is 3.31. The van der Waals surface area contributed by atoms with E-state index in [1.165, 1.54) is 11.4 Å². The second-order valence-corrected chi connectivity index (χ2v) is 2.77. The molecule has 1 aliphatic rings. The van der Waals surface area contributed by atoms with E-state index in [9.17, 15) is 0 Å². The largest absolute Gasteiger partial charge is 0.387 e. The highest BCUT2D eigenvalue weighted by Crippen LogP contribution is 2.11. The molecule has 46 valence electrons. The lowest BCUT2D eigenvalue weighted by molar-refractivity contribution is 0.809. The zero-order valence-corrected chi connectivity index (χ0v) is 5.92. The molecule has 1 nitrogen and oxygen atoms in total. The van der Waals surface area contributed by atoms with Crippen LogP contribution in [0.1, 0.15) is 13.3 Å². The smallest absolute Gasteiger partial charge is 0.0238 e. The standard InChI is InChI=1S/C6H11NS/c1-2-6-5-8-4-3-7-6/h5,7H,2-4H2,1H3. The Labute approximate surface area is 54.5 Å². The molecule has 1 rings (SSSR count). The lowest BCUT2D eigenvalue weighted by Crippen LogP contribution is -2.18. The summed E-state index contributed by atoms with van der Waals surface area (Å²) in [5.41, 5.74) is 1.39. The number of rotatable bonds is 1. The topological polar surface area (TPSA) is 12.0 Å². The molecule has 0 aliphatic carbocycles. The zero-order chi connectivity index (χ0) is 5.82. The summed E-state index contributed by atoms with van der Waals surface area (Å²) in [6, 6.07) is 0. The summed E-state index contributed by atoms with van der Waals surface area (Å²) >= 11 is 1.90. The predicted molar refractivity (Wildman–Crippen MR) is 38.8 cm³/mol. The van der Waals surface area contributed by atoms with Crippen LogP contribution in [0.3, 0.4) is 0 Å². The predicted octanol–water partition coefficient (Wildman–Crippen LogP) is 1.57. The van der Waals surface area contributed by atoms with E-state index in [-0.39, 0.29) is 0 Å². The molecule has 0 fully saturated rings. The molecule has 0 amide bonds. The van der Waals surface area contributed by atoms with Crippen molar-refractivity contribution in [3.8, 4) is 0 Å². The molecule has 0 saturated carbocycles. The molecule has 8 heavy (non-hydrogen) atoms. The minimum Gasteiger partial charge on any atom is -0.387 e. The molecule has 0 atom stereocenters. The molecule has 2 heteroatoms. The third kappa shape index (κ3) is 1.44. The Kier molecular flexibility index (Phi) is 2.27. The van der Waals surface area contributed by atoms with E-state index < -0.39 is 0 Å². The van der Waals surface area contributed by atoms with Crippen LogP contribution in [0.4, 0.5) is 0 Å². The Hall–Kier alpha value is -0.110. The number of hydrogen-bond acceptors (Lipinski definition) is 2. The van der Waals surface area contributed by atoms with Gasteiger partial charge in [-0.15, -0.1) is 11.8 Å². The first-order valence-corrected chi connectivity index (χ1v) is 4.03. The molecule has 0 aromatic heterocycles. The van der Waals surface area contributed by atoms with Gasteiger partial charge in [0.1, 0.15) is 0 Å². The third-order valence-corrected chi connectivity index (χ3v) is 2.07. The summed E-state index contributed by atoms with van der Waals surface area (Å²) in [6.45, 7) is 3.31. The van der Waals surface area contributed by atoms with Gasteiger partial charge in [-0.25, -0.2) is 0 Å². The fraction of sp³-hybridized carbons (Fsp3) is 0.667. The molecule has 0 aromatic rings. The minimum absolute atomic E-state index is 1.14. The van der Waals surface area contributed by atoms with E-state index in [0.717, 1.165) is 13.0 Å². The van der Waals surface area contributed by atoms with Crippen molar-refractivity contribution in [1.82, 2.24) is 5.32 Å². The quantitative estimate of drug-likeness (QED) is 0.577. The molecule has 0 radical (unpaired) electrons. The lowest BCUT2D eigenvalue weighted by Gasteiger charge is -2.12. The van der Waals surface area contributed by atoms with Crippen LogP contribution in [0.2, 0.25) is 0 Å². The van der Waals surface area contributed by atoms with Gasteiger partial charge in [0.15, 0.2) is 0 Å². The van der Waals surface area contributed by atoms with Gasteiger partial charge >= 0.3 is 0 Å². The van der Waals surface area contributed by atoms with Gasteiger partial charge in [0.25, 0.3) is 0 Å². The van der Waals surface area contributed by atoms with E-state index in [1.54, 1.807) is 0 Å². The number of allylic oxidation sites excluding steroid dienone is 1. The fourth-order valence-electron chi connectivity index (χ4n) is 0.680. The van der Waals surface area contributed by atoms with Gasteiger partial charge in [0.2, 0.25) is 0 Å². The first-order chi connectivity index (χ1) is 3.93. The van der Waals surface area contributed by atoms with Gasteiger partial charge in [-0.2, -0.15) is 0 Å². The molecule has 1 aliphatic heterocycles. The van der Waals surface area contributed by atoms with Gasteiger partial charge in [0, 0.05) is 18.0 Å². The zero-order valence-electron chi connectivity index (χ0n) is 5.11. The summed E-state index contributed by atoms with van der Waals surface area (Å²) in [5.74, 6) is 1.23. The van der Waals surface area contributed by atoms with Gasteiger partial charge in [-0.05, 0) is 11.8 Å². The summed E-state index contributed by atoms with van der Waals surface area (Å²) in [5, 5.41) is 5.52. The van der Waals surface area contributed by atoms with E-state index in [2.05, 4.69) is 17.6 Å². The maximum Gasteiger partial charge on any atom is 0.0238 e. The molecule has 0 spiro atoms. The van der Waals surface area contributed by atoms with E-state index in [0.29, 0.717) is 0 Å². The van der Waals surface area contributed by atoms with Crippen molar-refractivity contribution < 1.29 is 0 Å². The van der Waals surface area contributed by atoms with Crippen molar-refractivity contribution in [3.63, 3.8) is 0 Å². The van der Waals surface area contributed by atoms with Crippen molar-refractivity contribution >= 4 is 11.8 Å². The first kappa shape index (κ1) is 6.02. The van der Waals surface area contributed by atoms with Gasteiger partial charge in [0.05, 0.1) is 0 Å². The third-order valence-electron chi connectivity index (χ3n) is 1.18. The van der Waals surface area contributed by atoms with E-state index >= 15 is 0 Å². The molecule has 1 N–H and O–H groups in total. The van der Waals surface area contributed by atoms with Crippen molar-refractivity contribution in [2.75, 3.05) is 12.3 Å². The number of nitrogens with one attached hydrogen (secondary N) is 1. The SMILES string of the molecule is CCC1=CSCCN1. The van der Waals surface area contributed by atoms with Crippen molar-refractivity contribution in [3.05, 3.63) is 11.1 Å². The molecule has 1 heterocycles. The van der Waals surface area contributed by atoms with Gasteiger partial charge in [-0.1, -0.05) is 6.92 Å². The molecule has 0 unspecified atom stereocenters. The monoisotopic (exact) mass is 129 g/mol. The second-order valence-electron chi connectivity index (χ2n) is 1.79. The Morgan fingerprint density at radius 3 is 3.12 bits per heavy atom. The molecular weight excluding hydrogens is 118 g/mol. The highest BCUT2D eigenvalue weighted by molar-refractivity contribution is 8.02. The minimum atomic E-state index is 1.14. The van der Waals surface area contributed by atoms with Crippen molar-refractivity contribution in [2.24, 2.45) is 0 Å². The second kappa shape index (κ2) is 3.02. The van der Waals surface area contributed by atoms with Crippen LogP contribution < -0.4 is 5.32 Å².